The molecule has 3 rings (SSSR count). The van der Waals surface area contributed by atoms with Gasteiger partial charge in [-0.15, -0.1) is 0 Å². The molecular formula is C17H22N4O3. The van der Waals surface area contributed by atoms with Crippen molar-refractivity contribution in [3.8, 4) is 0 Å². The molecule has 3 atom stereocenters. The van der Waals surface area contributed by atoms with E-state index in [4.69, 9.17) is 4.74 Å². The molecule has 2 aliphatic rings. The molecule has 2 N–H and O–H groups in total. The molecule has 2 amide bonds. The van der Waals surface area contributed by atoms with Gasteiger partial charge in [-0.2, -0.15) is 0 Å². The Bertz CT molecular complexity index is 640. The van der Waals surface area contributed by atoms with Gasteiger partial charge in [-0.1, -0.05) is 18.2 Å². The number of hydrogen-bond donors (Lipinski definition) is 2. The Hall–Kier alpha value is -2.41. The summed E-state index contributed by atoms with van der Waals surface area (Å²) in [6.45, 7) is 4.33. The molecule has 1 aromatic rings. The predicted octanol–water partition coefficient (Wildman–Crippen LogP) is 1.01. The third kappa shape index (κ3) is 3.41. The van der Waals surface area contributed by atoms with E-state index >= 15 is 0 Å². The van der Waals surface area contributed by atoms with Crippen molar-refractivity contribution in [3.05, 3.63) is 30.3 Å². The number of hydrogen-bond acceptors (Lipinski definition) is 5. The molecule has 0 spiro atoms. The van der Waals surface area contributed by atoms with Gasteiger partial charge in [-0.05, 0) is 38.8 Å². The van der Waals surface area contributed by atoms with Crippen LogP contribution in [0.25, 0.3) is 0 Å². The van der Waals surface area contributed by atoms with Crippen LogP contribution in [0.3, 0.4) is 0 Å². The number of hydrazine groups is 1. The lowest BCUT2D eigenvalue weighted by Gasteiger charge is -2.31. The Kier molecular flexibility index (Phi) is 4.80. The summed E-state index contributed by atoms with van der Waals surface area (Å²) in [5.74, 6) is -0.404. The van der Waals surface area contributed by atoms with Crippen molar-refractivity contribution in [2.75, 3.05) is 11.6 Å². The monoisotopic (exact) mass is 330 g/mol. The van der Waals surface area contributed by atoms with E-state index in [-0.39, 0.29) is 29.8 Å². The molecule has 128 valence electrons. The number of nitrogens with one attached hydrogen (secondary N) is 2. The Balaban J connectivity index is 1.71. The second-order valence-corrected chi connectivity index (χ2v) is 6.09. The molecular weight excluding hydrogens is 308 g/mol. The lowest BCUT2D eigenvalue weighted by molar-refractivity contribution is -0.120. The van der Waals surface area contributed by atoms with E-state index in [1.54, 1.807) is 19.1 Å². The summed E-state index contributed by atoms with van der Waals surface area (Å²) in [5, 5.41) is 4.27. The average molecular weight is 330 g/mol. The van der Waals surface area contributed by atoms with Crippen LogP contribution in [0.15, 0.2) is 35.3 Å². The highest BCUT2D eigenvalue weighted by Crippen LogP contribution is 2.17. The quantitative estimate of drug-likeness (QED) is 0.863. The molecule has 0 bridgehead atoms. The minimum absolute atomic E-state index is 0.0300. The summed E-state index contributed by atoms with van der Waals surface area (Å²) in [4.78, 5) is 29.0. The topological polar surface area (TPSA) is 83.0 Å². The molecule has 0 saturated carbocycles. The van der Waals surface area contributed by atoms with Gasteiger partial charge >= 0.3 is 0 Å². The summed E-state index contributed by atoms with van der Waals surface area (Å²) in [7, 11) is 0. The fourth-order valence-corrected chi connectivity index (χ4v) is 2.87. The minimum atomic E-state index is -0.620. The van der Waals surface area contributed by atoms with E-state index in [0.717, 1.165) is 19.4 Å². The van der Waals surface area contributed by atoms with Gasteiger partial charge in [0.15, 0.2) is 0 Å². The third-order valence-corrected chi connectivity index (χ3v) is 4.23. The predicted molar refractivity (Wildman–Crippen MR) is 90.5 cm³/mol. The summed E-state index contributed by atoms with van der Waals surface area (Å²) in [6, 6.07) is 8.40. The number of carbonyl (C=O) groups excluding carboxylic acids is 2. The molecule has 7 heteroatoms. The molecule has 24 heavy (non-hydrogen) atoms. The number of ether oxygens (including phenoxy) is 1. The first-order chi connectivity index (χ1) is 11.6. The highest BCUT2D eigenvalue weighted by atomic mass is 16.5. The first-order valence-electron chi connectivity index (χ1n) is 8.22. The second kappa shape index (κ2) is 7.00. The van der Waals surface area contributed by atoms with Crippen molar-refractivity contribution >= 4 is 23.3 Å². The molecule has 2 heterocycles. The van der Waals surface area contributed by atoms with E-state index in [2.05, 4.69) is 15.7 Å². The molecule has 0 aliphatic carbocycles. The molecule has 0 unspecified atom stereocenters. The third-order valence-electron chi connectivity index (χ3n) is 4.23. The van der Waals surface area contributed by atoms with Crippen LogP contribution >= 0.6 is 0 Å². The van der Waals surface area contributed by atoms with E-state index in [9.17, 15) is 9.59 Å². The molecule has 0 radical (unpaired) electrons. The van der Waals surface area contributed by atoms with E-state index in [1.807, 2.05) is 25.1 Å². The number of carbonyl (C=O) groups is 2. The van der Waals surface area contributed by atoms with E-state index in [0.29, 0.717) is 5.69 Å². The molecule has 2 aliphatic heterocycles. The molecule has 1 fully saturated rings. The van der Waals surface area contributed by atoms with Crippen LogP contribution in [0.4, 0.5) is 5.69 Å². The maximum Gasteiger partial charge on any atom is 0.288 e. The summed E-state index contributed by atoms with van der Waals surface area (Å²) in [6.07, 6.45) is 1.98. The van der Waals surface area contributed by atoms with Crippen molar-refractivity contribution in [2.24, 2.45) is 4.99 Å². The highest BCUT2D eigenvalue weighted by molar-refractivity contribution is 6.39. The largest absolute Gasteiger partial charge is 0.376 e. The zero-order chi connectivity index (χ0) is 17.1. The maximum atomic E-state index is 12.5. The van der Waals surface area contributed by atoms with Gasteiger partial charge in [0.25, 0.3) is 11.8 Å². The zero-order valence-corrected chi connectivity index (χ0v) is 13.9. The number of nitrogens with zero attached hydrogens (tertiary/aromatic N) is 2. The van der Waals surface area contributed by atoms with Crippen molar-refractivity contribution in [1.29, 1.82) is 0 Å². The lowest BCUT2D eigenvalue weighted by atomic mass is 10.1. The number of para-hydroxylation sites is 1. The Morgan fingerprint density at radius 1 is 1.42 bits per heavy atom. The Morgan fingerprint density at radius 2 is 2.17 bits per heavy atom. The smallest absolute Gasteiger partial charge is 0.288 e. The molecule has 7 nitrogen and oxygen atoms in total. The van der Waals surface area contributed by atoms with Crippen molar-refractivity contribution < 1.29 is 14.3 Å². The zero-order valence-electron chi connectivity index (χ0n) is 13.9. The maximum absolute atomic E-state index is 12.5. The first kappa shape index (κ1) is 16.4. The van der Waals surface area contributed by atoms with E-state index in [1.165, 1.54) is 5.01 Å². The molecule has 1 saturated heterocycles. The summed E-state index contributed by atoms with van der Waals surface area (Å²) in [5.41, 5.74) is 3.49. The number of amidine groups is 1. The fourth-order valence-electron chi connectivity index (χ4n) is 2.87. The van der Waals surface area contributed by atoms with Crippen molar-refractivity contribution in [3.63, 3.8) is 0 Å². The lowest BCUT2D eigenvalue weighted by Crippen LogP contribution is -2.59. The highest BCUT2D eigenvalue weighted by Gasteiger charge is 2.32. The molecule has 0 aromatic heterocycles. The fraction of sp³-hybridized carbons (Fsp3) is 0.471. The second-order valence-electron chi connectivity index (χ2n) is 6.09. The van der Waals surface area contributed by atoms with Crippen LogP contribution in [0.2, 0.25) is 0 Å². The van der Waals surface area contributed by atoms with Crippen molar-refractivity contribution in [1.82, 2.24) is 10.7 Å². The number of benzene rings is 1. The van der Waals surface area contributed by atoms with Crippen LogP contribution in [0.5, 0.6) is 0 Å². The number of amides is 2. The normalized spacial score (nSPS) is 25.0. The van der Waals surface area contributed by atoms with Crippen molar-refractivity contribution in [2.45, 2.75) is 44.9 Å². The van der Waals surface area contributed by atoms with Gasteiger partial charge < -0.3 is 10.1 Å². The van der Waals surface area contributed by atoms with Gasteiger partial charge in [-0.3, -0.25) is 15.0 Å². The number of rotatable bonds is 4. The van der Waals surface area contributed by atoms with Gasteiger partial charge in [0.05, 0.1) is 17.8 Å². The SMILES string of the molecule is C[C@@H]1N=C(C(=O)N[C@H](C)[C@H]2CCCO2)NN(c2ccccc2)C1=O. The van der Waals surface area contributed by atoms with Crippen LogP contribution in [0.1, 0.15) is 26.7 Å². The standard InChI is InChI=1S/C17H22N4O3/c1-11(14-9-6-10-24-14)19-16(22)15-18-12(2)17(23)21(20-15)13-7-4-3-5-8-13/h3-5,7-8,11-12,14H,6,9-10H2,1-2H3,(H,18,20)(H,19,22)/t11-,12+,14-/m1/s1. The Labute approximate surface area is 141 Å². The molecule has 1 aromatic carbocycles. The van der Waals surface area contributed by atoms with Crippen LogP contribution in [-0.4, -0.2) is 42.4 Å². The van der Waals surface area contributed by atoms with Crippen LogP contribution in [0, 0.1) is 0 Å². The summed E-state index contributed by atoms with van der Waals surface area (Å²) < 4.78 is 5.59. The van der Waals surface area contributed by atoms with Gasteiger partial charge in [0.2, 0.25) is 5.84 Å². The minimum Gasteiger partial charge on any atom is -0.376 e. The summed E-state index contributed by atoms with van der Waals surface area (Å²) >= 11 is 0. The Morgan fingerprint density at radius 3 is 2.83 bits per heavy atom. The average Bonchev–Trinajstić information content (AvgIpc) is 3.12. The first-order valence-corrected chi connectivity index (χ1v) is 8.22. The number of aliphatic imine (C=N–C) groups is 1. The van der Waals surface area contributed by atoms with Gasteiger partial charge in [0, 0.05) is 6.61 Å². The van der Waals surface area contributed by atoms with Gasteiger partial charge in [0.1, 0.15) is 6.04 Å². The number of anilines is 1. The van der Waals surface area contributed by atoms with Crippen LogP contribution < -0.4 is 15.8 Å². The van der Waals surface area contributed by atoms with Crippen LogP contribution in [-0.2, 0) is 14.3 Å². The van der Waals surface area contributed by atoms with Gasteiger partial charge in [-0.25, -0.2) is 10.0 Å². The van der Waals surface area contributed by atoms with E-state index < -0.39 is 6.04 Å².